The van der Waals surface area contributed by atoms with Crippen LogP contribution in [0.15, 0.2) is 54.6 Å². The maximum atomic E-state index is 12.2. The molecule has 0 unspecified atom stereocenters. The fourth-order valence-electron chi connectivity index (χ4n) is 4.06. The lowest BCUT2D eigenvalue weighted by atomic mass is 10.0. The monoisotopic (exact) mass is 454 g/mol. The van der Waals surface area contributed by atoms with E-state index in [0.717, 1.165) is 18.7 Å². The zero-order chi connectivity index (χ0) is 23.8. The lowest BCUT2D eigenvalue weighted by Gasteiger charge is -2.28. The van der Waals surface area contributed by atoms with E-state index in [0.29, 0.717) is 17.6 Å². The average molecular weight is 455 g/mol. The zero-order valence-corrected chi connectivity index (χ0v) is 21.1. The second kappa shape index (κ2) is 15.5. The minimum absolute atomic E-state index is 0.194. The van der Waals surface area contributed by atoms with Crippen LogP contribution in [0, 0.1) is 0 Å². The fraction of sp³-hybridized carbons (Fsp3) is 0.552. The van der Waals surface area contributed by atoms with Crippen molar-refractivity contribution in [2.45, 2.75) is 71.3 Å². The van der Waals surface area contributed by atoms with Gasteiger partial charge in [0, 0.05) is 5.56 Å². The van der Waals surface area contributed by atoms with Crippen molar-refractivity contribution < 1.29 is 18.8 Å². The Morgan fingerprint density at radius 2 is 1.39 bits per heavy atom. The largest absolute Gasteiger partial charge is 0.490 e. The van der Waals surface area contributed by atoms with Crippen molar-refractivity contribution in [3.8, 4) is 5.75 Å². The van der Waals surface area contributed by atoms with Crippen LogP contribution >= 0.6 is 0 Å². The Kier molecular flexibility index (Phi) is 12.6. The molecule has 0 aliphatic carbocycles. The molecule has 2 aromatic carbocycles. The summed E-state index contributed by atoms with van der Waals surface area (Å²) < 4.78 is 11.7. The van der Waals surface area contributed by atoms with Crippen LogP contribution in [0.25, 0.3) is 0 Å². The number of esters is 1. The van der Waals surface area contributed by atoms with E-state index in [1.807, 2.05) is 44.4 Å². The molecule has 182 valence electrons. The van der Waals surface area contributed by atoms with Gasteiger partial charge < -0.3 is 14.0 Å². The van der Waals surface area contributed by atoms with Crippen LogP contribution < -0.4 is 4.74 Å². The number of aryl methyl sites for hydroxylation is 1. The highest BCUT2D eigenvalue weighted by atomic mass is 16.6. The van der Waals surface area contributed by atoms with Gasteiger partial charge in [0.1, 0.15) is 25.5 Å². The molecule has 2 rings (SSSR count). The van der Waals surface area contributed by atoms with Gasteiger partial charge in [-0.25, -0.2) is 4.79 Å². The van der Waals surface area contributed by atoms with Crippen molar-refractivity contribution in [1.82, 2.24) is 0 Å². The topological polar surface area (TPSA) is 35.5 Å². The molecule has 0 amide bonds. The number of unbranched alkanes of at least 4 members (excludes halogenated alkanes) is 7. The van der Waals surface area contributed by atoms with Crippen LogP contribution in [-0.2, 0) is 22.5 Å². The number of hydrogen-bond acceptors (Lipinski definition) is 3. The Bertz CT molecular complexity index is 771. The molecule has 0 saturated carbocycles. The number of carbonyl (C=O) groups excluding carboxylic acids is 1. The highest BCUT2D eigenvalue weighted by molar-refractivity contribution is 5.70. The zero-order valence-electron chi connectivity index (χ0n) is 21.1. The first-order chi connectivity index (χ1) is 16.0. The van der Waals surface area contributed by atoms with Gasteiger partial charge in [0.2, 0.25) is 0 Å². The number of hydrogen-bond donors (Lipinski definition) is 0. The van der Waals surface area contributed by atoms with E-state index in [2.05, 4.69) is 31.2 Å². The molecule has 0 bridgehead atoms. The van der Waals surface area contributed by atoms with E-state index in [9.17, 15) is 4.79 Å². The molecular weight excluding hydrogens is 410 g/mol. The van der Waals surface area contributed by atoms with Gasteiger partial charge in [-0.1, -0.05) is 94.3 Å². The summed E-state index contributed by atoms with van der Waals surface area (Å²) in [5, 5.41) is 0. The predicted octanol–water partition coefficient (Wildman–Crippen LogP) is 6.57. The number of carbonyl (C=O) groups is 1. The Balaban J connectivity index is 1.55. The third kappa shape index (κ3) is 12.5. The lowest BCUT2D eigenvalue weighted by molar-refractivity contribution is -0.896. The van der Waals surface area contributed by atoms with E-state index < -0.39 is 0 Å². The summed E-state index contributed by atoms with van der Waals surface area (Å²) in [5.74, 6) is 0.631. The number of benzene rings is 2. The Labute approximate surface area is 201 Å². The summed E-state index contributed by atoms with van der Waals surface area (Å²) in [6.07, 6.45) is 11.9. The van der Waals surface area contributed by atoms with E-state index in [1.54, 1.807) is 0 Å². The van der Waals surface area contributed by atoms with E-state index in [-0.39, 0.29) is 12.6 Å². The van der Waals surface area contributed by atoms with E-state index >= 15 is 0 Å². The number of ether oxygens (including phenoxy) is 2. The number of rotatable bonds is 17. The van der Waals surface area contributed by atoms with Crippen molar-refractivity contribution in [2.75, 3.05) is 33.9 Å². The predicted molar refractivity (Wildman–Crippen MR) is 136 cm³/mol. The van der Waals surface area contributed by atoms with Gasteiger partial charge in [0.15, 0.2) is 6.54 Å². The van der Waals surface area contributed by atoms with Gasteiger partial charge in [0.25, 0.3) is 0 Å². The first kappa shape index (κ1) is 26.9. The number of nitrogens with zero attached hydrogens (tertiary/aromatic N) is 1. The quantitative estimate of drug-likeness (QED) is 0.154. The fourth-order valence-corrected chi connectivity index (χ4v) is 4.06. The molecule has 0 aliphatic heterocycles. The van der Waals surface area contributed by atoms with Crippen LogP contribution in [0.4, 0.5) is 0 Å². The van der Waals surface area contributed by atoms with E-state index in [4.69, 9.17) is 9.47 Å². The third-order valence-corrected chi connectivity index (χ3v) is 5.87. The summed E-state index contributed by atoms with van der Waals surface area (Å²) in [4.78, 5) is 12.2. The Morgan fingerprint density at radius 3 is 2.06 bits per heavy atom. The molecule has 0 atom stereocenters. The number of likely N-dealkylation sites (N-methyl/N-ethyl adjacent to an activating group) is 1. The molecule has 0 aliphatic rings. The molecule has 0 fully saturated rings. The second-order valence-electron chi connectivity index (χ2n) is 9.68. The van der Waals surface area contributed by atoms with Crippen LogP contribution in [0.2, 0.25) is 0 Å². The van der Waals surface area contributed by atoms with Gasteiger partial charge in [-0.15, -0.1) is 0 Å². The maximum absolute atomic E-state index is 12.2. The van der Waals surface area contributed by atoms with Gasteiger partial charge in [-0.2, -0.15) is 0 Å². The molecule has 33 heavy (non-hydrogen) atoms. The van der Waals surface area contributed by atoms with Crippen molar-refractivity contribution >= 4 is 5.97 Å². The molecule has 4 nitrogen and oxygen atoms in total. The molecule has 0 aromatic heterocycles. The van der Waals surface area contributed by atoms with Gasteiger partial charge in [-0.3, -0.25) is 0 Å². The normalized spacial score (nSPS) is 11.4. The molecule has 0 radical (unpaired) electrons. The van der Waals surface area contributed by atoms with Gasteiger partial charge >= 0.3 is 5.97 Å². The lowest BCUT2D eigenvalue weighted by Crippen LogP contribution is -2.43. The highest BCUT2D eigenvalue weighted by Gasteiger charge is 2.21. The minimum atomic E-state index is -0.194. The Hall–Kier alpha value is -2.33. The molecule has 0 spiro atoms. The summed E-state index contributed by atoms with van der Waals surface area (Å²) >= 11 is 0. The summed E-state index contributed by atoms with van der Waals surface area (Å²) in [5.41, 5.74) is 2.57. The molecule has 0 heterocycles. The molecule has 2 aromatic rings. The SMILES string of the molecule is CCCCCCCCCCc1ccc(OCCOC(=O)C[N+](C)(C)Cc2ccccc2)cc1. The van der Waals surface area contributed by atoms with Crippen LogP contribution in [0.1, 0.15) is 69.4 Å². The first-order valence-corrected chi connectivity index (χ1v) is 12.7. The summed E-state index contributed by atoms with van der Waals surface area (Å²) in [6, 6.07) is 18.5. The molecule has 0 N–H and O–H groups in total. The van der Waals surface area contributed by atoms with Crippen LogP contribution in [0.3, 0.4) is 0 Å². The van der Waals surface area contributed by atoms with Crippen molar-refractivity contribution in [1.29, 1.82) is 0 Å². The smallest absolute Gasteiger partial charge is 0.361 e. The average Bonchev–Trinajstić information content (AvgIpc) is 2.79. The summed E-state index contributed by atoms with van der Waals surface area (Å²) in [6.45, 7) is 4.03. The second-order valence-corrected chi connectivity index (χ2v) is 9.68. The Morgan fingerprint density at radius 1 is 0.758 bits per heavy atom. The van der Waals surface area contributed by atoms with Gasteiger partial charge in [0.05, 0.1) is 14.1 Å². The van der Waals surface area contributed by atoms with Crippen LogP contribution in [-0.4, -0.2) is 44.3 Å². The van der Waals surface area contributed by atoms with Crippen LogP contribution in [0.5, 0.6) is 5.75 Å². The first-order valence-electron chi connectivity index (χ1n) is 12.7. The van der Waals surface area contributed by atoms with Crippen molar-refractivity contribution in [3.63, 3.8) is 0 Å². The third-order valence-electron chi connectivity index (χ3n) is 5.87. The molecule has 4 heteroatoms. The van der Waals surface area contributed by atoms with E-state index in [1.165, 1.54) is 62.5 Å². The van der Waals surface area contributed by atoms with Crippen molar-refractivity contribution in [3.05, 3.63) is 65.7 Å². The van der Waals surface area contributed by atoms with Crippen molar-refractivity contribution in [2.24, 2.45) is 0 Å². The highest BCUT2D eigenvalue weighted by Crippen LogP contribution is 2.16. The number of quaternary nitrogens is 1. The maximum Gasteiger partial charge on any atom is 0.361 e. The molecular formula is C29H44NO3+. The summed E-state index contributed by atoms with van der Waals surface area (Å²) in [7, 11) is 4.08. The minimum Gasteiger partial charge on any atom is -0.490 e. The molecule has 0 saturated heterocycles. The standard InChI is InChI=1S/C29H44NO3/c1-4-5-6-7-8-9-10-12-15-26-18-20-28(21-19-26)32-22-23-33-29(31)25-30(2,3)24-27-16-13-11-14-17-27/h11,13-14,16-21H,4-10,12,15,22-25H2,1-3H3/q+1. The van der Waals surface area contributed by atoms with Gasteiger partial charge in [-0.05, 0) is 30.5 Å².